The molecule has 0 aromatic heterocycles. The number of nitrogens with zero attached hydrogens (tertiary/aromatic N) is 1. The Hall–Kier alpha value is -0.770. The van der Waals surface area contributed by atoms with Crippen LogP contribution in [0.3, 0.4) is 0 Å². The zero-order valence-corrected chi connectivity index (χ0v) is 11.4. The maximum Gasteiger partial charge on any atom is 0.138 e. The van der Waals surface area contributed by atoms with Crippen LogP contribution in [-0.2, 0) is 6.54 Å². The van der Waals surface area contributed by atoms with Crippen LogP contribution in [0.4, 0.5) is 0 Å². The van der Waals surface area contributed by atoms with Crippen molar-refractivity contribution in [3.63, 3.8) is 0 Å². The van der Waals surface area contributed by atoms with Gasteiger partial charge in [0, 0.05) is 12.1 Å². The quantitative estimate of drug-likeness (QED) is 0.779. The van der Waals surface area contributed by atoms with Gasteiger partial charge >= 0.3 is 0 Å². The van der Waals surface area contributed by atoms with Gasteiger partial charge in [0.15, 0.2) is 0 Å². The fourth-order valence-corrected chi connectivity index (χ4v) is 2.55. The van der Waals surface area contributed by atoms with Gasteiger partial charge in [-0.1, -0.05) is 23.7 Å². The first-order valence-electron chi connectivity index (χ1n) is 6.67. The highest BCUT2D eigenvalue weighted by Gasteiger charge is 2.10. The first-order chi connectivity index (χ1) is 8.77. The average Bonchev–Trinajstić information content (AvgIpc) is 2.87. The average molecular weight is 269 g/mol. The Kier molecular flexibility index (Phi) is 5.29. The molecule has 0 spiro atoms. The van der Waals surface area contributed by atoms with E-state index in [1.807, 2.05) is 12.1 Å². The standard InChI is InChI=1S/C14H21ClN2O/c15-13-6-3-5-12(14(13)18)11-16-7-4-10-17-8-1-2-9-17/h3,5-6,16,18H,1-2,4,7-11H2. The molecule has 1 heterocycles. The van der Waals surface area contributed by atoms with Crippen molar-refractivity contribution in [2.24, 2.45) is 0 Å². The van der Waals surface area contributed by atoms with E-state index in [9.17, 15) is 5.11 Å². The summed E-state index contributed by atoms with van der Waals surface area (Å²) in [7, 11) is 0. The van der Waals surface area contributed by atoms with Crippen LogP contribution in [-0.4, -0.2) is 36.2 Å². The number of hydrogen-bond acceptors (Lipinski definition) is 3. The summed E-state index contributed by atoms with van der Waals surface area (Å²) in [4.78, 5) is 2.51. The van der Waals surface area contributed by atoms with Crippen LogP contribution in [0.1, 0.15) is 24.8 Å². The third-order valence-electron chi connectivity index (χ3n) is 3.41. The molecule has 0 saturated carbocycles. The van der Waals surface area contributed by atoms with Crippen molar-refractivity contribution in [2.75, 3.05) is 26.2 Å². The molecule has 1 aromatic carbocycles. The van der Waals surface area contributed by atoms with Gasteiger partial charge < -0.3 is 15.3 Å². The predicted molar refractivity (Wildman–Crippen MR) is 75.1 cm³/mol. The van der Waals surface area contributed by atoms with Crippen molar-refractivity contribution >= 4 is 11.6 Å². The summed E-state index contributed by atoms with van der Waals surface area (Å²) in [6.45, 7) is 5.34. The molecule has 1 saturated heterocycles. The van der Waals surface area contributed by atoms with Gasteiger partial charge in [0.05, 0.1) is 5.02 Å². The minimum atomic E-state index is 0.200. The van der Waals surface area contributed by atoms with Crippen LogP contribution >= 0.6 is 11.6 Å². The molecule has 2 rings (SSSR count). The number of phenolic OH excluding ortho intramolecular Hbond substituents is 1. The number of hydrogen-bond donors (Lipinski definition) is 2. The molecule has 1 aliphatic rings. The first-order valence-corrected chi connectivity index (χ1v) is 7.04. The van der Waals surface area contributed by atoms with Gasteiger partial charge in [-0.05, 0) is 51.5 Å². The molecule has 100 valence electrons. The van der Waals surface area contributed by atoms with Gasteiger partial charge in [-0.25, -0.2) is 0 Å². The lowest BCUT2D eigenvalue weighted by molar-refractivity contribution is 0.331. The third kappa shape index (κ3) is 3.87. The lowest BCUT2D eigenvalue weighted by atomic mass is 10.2. The van der Waals surface area contributed by atoms with E-state index in [2.05, 4.69) is 10.2 Å². The Morgan fingerprint density at radius 2 is 2.06 bits per heavy atom. The molecule has 2 N–H and O–H groups in total. The number of benzene rings is 1. The Morgan fingerprint density at radius 1 is 1.28 bits per heavy atom. The fourth-order valence-electron chi connectivity index (χ4n) is 2.36. The molecule has 1 aliphatic heterocycles. The maximum absolute atomic E-state index is 9.75. The Bertz CT molecular complexity index is 378. The van der Waals surface area contributed by atoms with Crippen LogP contribution < -0.4 is 5.32 Å². The number of para-hydroxylation sites is 1. The highest BCUT2D eigenvalue weighted by Crippen LogP contribution is 2.26. The van der Waals surface area contributed by atoms with Crippen molar-refractivity contribution in [1.82, 2.24) is 10.2 Å². The molecule has 1 aromatic rings. The second-order valence-electron chi connectivity index (χ2n) is 4.83. The molecule has 4 heteroatoms. The summed E-state index contributed by atoms with van der Waals surface area (Å²) >= 11 is 5.86. The molecule has 18 heavy (non-hydrogen) atoms. The first kappa shape index (κ1) is 13.7. The molecular weight excluding hydrogens is 248 g/mol. The van der Waals surface area contributed by atoms with E-state index < -0.39 is 0 Å². The van der Waals surface area contributed by atoms with E-state index in [-0.39, 0.29) is 5.75 Å². The second kappa shape index (κ2) is 6.98. The summed E-state index contributed by atoms with van der Waals surface area (Å²) in [6, 6.07) is 5.46. The van der Waals surface area contributed by atoms with Crippen LogP contribution in [0.25, 0.3) is 0 Å². The van der Waals surface area contributed by atoms with Crippen molar-refractivity contribution < 1.29 is 5.11 Å². The van der Waals surface area contributed by atoms with Crippen LogP contribution in [0.2, 0.25) is 5.02 Å². The normalized spacial score (nSPS) is 16.3. The van der Waals surface area contributed by atoms with E-state index in [0.29, 0.717) is 11.6 Å². The predicted octanol–water partition coefficient (Wildman–Crippen LogP) is 2.62. The number of rotatable bonds is 6. The minimum Gasteiger partial charge on any atom is -0.506 e. The van der Waals surface area contributed by atoms with Crippen molar-refractivity contribution in [2.45, 2.75) is 25.8 Å². The zero-order valence-electron chi connectivity index (χ0n) is 10.7. The smallest absolute Gasteiger partial charge is 0.138 e. The topological polar surface area (TPSA) is 35.5 Å². The maximum atomic E-state index is 9.75. The van der Waals surface area contributed by atoms with Gasteiger partial charge in [0.1, 0.15) is 5.75 Å². The fraction of sp³-hybridized carbons (Fsp3) is 0.571. The molecular formula is C14H21ClN2O. The Balaban J connectivity index is 1.64. The lowest BCUT2D eigenvalue weighted by Gasteiger charge is -2.14. The molecule has 0 unspecified atom stereocenters. The van der Waals surface area contributed by atoms with Crippen LogP contribution in [0.5, 0.6) is 5.75 Å². The zero-order chi connectivity index (χ0) is 12.8. The Morgan fingerprint density at radius 3 is 2.83 bits per heavy atom. The van der Waals surface area contributed by atoms with Crippen molar-refractivity contribution in [3.8, 4) is 5.75 Å². The van der Waals surface area contributed by atoms with Crippen LogP contribution in [0.15, 0.2) is 18.2 Å². The van der Waals surface area contributed by atoms with Gasteiger partial charge in [-0.3, -0.25) is 0 Å². The summed E-state index contributed by atoms with van der Waals surface area (Å²) < 4.78 is 0. The van der Waals surface area contributed by atoms with E-state index >= 15 is 0 Å². The molecule has 0 atom stereocenters. The molecule has 0 aliphatic carbocycles. The molecule has 0 amide bonds. The number of halogens is 1. The molecule has 1 fully saturated rings. The number of nitrogens with one attached hydrogen (secondary N) is 1. The van der Waals surface area contributed by atoms with Gasteiger partial charge in [0.25, 0.3) is 0 Å². The molecule has 0 radical (unpaired) electrons. The van der Waals surface area contributed by atoms with Crippen LogP contribution in [0, 0.1) is 0 Å². The van der Waals surface area contributed by atoms with E-state index in [1.54, 1.807) is 6.07 Å². The summed E-state index contributed by atoms with van der Waals surface area (Å²) in [6.07, 6.45) is 3.86. The largest absolute Gasteiger partial charge is 0.506 e. The number of phenols is 1. The second-order valence-corrected chi connectivity index (χ2v) is 5.23. The van der Waals surface area contributed by atoms with Gasteiger partial charge in [-0.15, -0.1) is 0 Å². The Labute approximate surface area is 114 Å². The highest BCUT2D eigenvalue weighted by atomic mass is 35.5. The third-order valence-corrected chi connectivity index (χ3v) is 3.72. The molecule has 0 bridgehead atoms. The van der Waals surface area contributed by atoms with E-state index in [0.717, 1.165) is 18.5 Å². The molecule has 3 nitrogen and oxygen atoms in total. The number of aromatic hydroxyl groups is 1. The monoisotopic (exact) mass is 268 g/mol. The lowest BCUT2D eigenvalue weighted by Crippen LogP contribution is -2.24. The van der Waals surface area contributed by atoms with Crippen molar-refractivity contribution in [3.05, 3.63) is 28.8 Å². The minimum absolute atomic E-state index is 0.200. The summed E-state index contributed by atoms with van der Waals surface area (Å²) in [5.41, 5.74) is 0.865. The highest BCUT2D eigenvalue weighted by molar-refractivity contribution is 6.32. The number of likely N-dealkylation sites (tertiary alicyclic amines) is 1. The van der Waals surface area contributed by atoms with Gasteiger partial charge in [0.2, 0.25) is 0 Å². The van der Waals surface area contributed by atoms with E-state index in [1.165, 1.54) is 32.5 Å². The summed E-state index contributed by atoms with van der Waals surface area (Å²) in [5, 5.41) is 13.5. The SMILES string of the molecule is Oc1c(Cl)cccc1CNCCCN1CCCC1. The summed E-state index contributed by atoms with van der Waals surface area (Å²) in [5.74, 6) is 0.200. The van der Waals surface area contributed by atoms with E-state index in [4.69, 9.17) is 11.6 Å². The van der Waals surface area contributed by atoms with Crippen molar-refractivity contribution in [1.29, 1.82) is 0 Å². The van der Waals surface area contributed by atoms with Gasteiger partial charge in [-0.2, -0.15) is 0 Å².